The van der Waals surface area contributed by atoms with Crippen LogP contribution in [0.15, 0.2) is 30.7 Å². The van der Waals surface area contributed by atoms with Crippen LogP contribution in [0.1, 0.15) is 5.56 Å². The molecule has 0 spiro atoms. The van der Waals surface area contributed by atoms with Crippen molar-refractivity contribution in [3.63, 3.8) is 0 Å². The van der Waals surface area contributed by atoms with Gasteiger partial charge in [0.05, 0.1) is 6.20 Å². The van der Waals surface area contributed by atoms with Crippen molar-refractivity contribution >= 4 is 23.1 Å². The van der Waals surface area contributed by atoms with Gasteiger partial charge in [-0.3, -0.25) is 0 Å². The zero-order chi connectivity index (χ0) is 14.5. The second-order valence-electron chi connectivity index (χ2n) is 4.03. The number of alkyl halides is 2. The number of nitrogens with one attached hydrogen (secondary N) is 1. The van der Waals surface area contributed by atoms with Crippen LogP contribution in [0.25, 0.3) is 0 Å². The summed E-state index contributed by atoms with van der Waals surface area (Å²) in [7, 11) is 0. The van der Waals surface area contributed by atoms with Gasteiger partial charge < -0.3 is 10.1 Å². The topological polar surface area (TPSA) is 47.0 Å². The third kappa shape index (κ3) is 3.77. The lowest BCUT2D eigenvalue weighted by atomic mass is 10.2. The fraction of sp³-hybridized carbons (Fsp3) is 0.231. The molecule has 2 rings (SSSR count). The number of benzene rings is 1. The molecule has 0 aliphatic carbocycles. The molecule has 2 aromatic rings. The van der Waals surface area contributed by atoms with Crippen molar-refractivity contribution in [1.82, 2.24) is 9.97 Å². The molecular formula is C13H12ClF2N3O. The zero-order valence-electron chi connectivity index (χ0n) is 10.6. The molecule has 0 radical (unpaired) electrons. The number of anilines is 2. The molecule has 0 saturated heterocycles. The van der Waals surface area contributed by atoms with E-state index >= 15 is 0 Å². The maximum atomic E-state index is 12.2. The third-order valence-corrected chi connectivity index (χ3v) is 2.76. The first-order valence-corrected chi connectivity index (χ1v) is 6.18. The van der Waals surface area contributed by atoms with Crippen molar-refractivity contribution in [2.45, 2.75) is 13.3 Å². The normalized spacial score (nSPS) is 10.7. The van der Waals surface area contributed by atoms with Gasteiger partial charge in [-0.15, -0.1) is 0 Å². The van der Waals surface area contributed by atoms with Crippen LogP contribution >= 0.6 is 11.6 Å². The molecule has 1 aromatic heterocycles. The Hall–Kier alpha value is -1.95. The molecule has 1 N–H and O–H groups in total. The molecular weight excluding hydrogens is 288 g/mol. The first kappa shape index (κ1) is 14.5. The van der Waals surface area contributed by atoms with E-state index in [-0.39, 0.29) is 0 Å². The number of hydrogen-bond acceptors (Lipinski definition) is 4. The van der Waals surface area contributed by atoms with Crippen molar-refractivity contribution < 1.29 is 13.5 Å². The lowest BCUT2D eigenvalue weighted by Gasteiger charge is -2.12. The quantitative estimate of drug-likeness (QED) is 0.911. The zero-order valence-corrected chi connectivity index (χ0v) is 11.4. The van der Waals surface area contributed by atoms with Gasteiger partial charge in [0.1, 0.15) is 23.7 Å². The largest absolute Gasteiger partial charge is 0.487 e. The SMILES string of the molecule is Cc1ccc(Nc2ncncc2Cl)cc1OCC(F)F. The Balaban J connectivity index is 2.17. The highest BCUT2D eigenvalue weighted by atomic mass is 35.5. The Morgan fingerprint density at radius 3 is 2.90 bits per heavy atom. The van der Waals surface area contributed by atoms with Crippen LogP contribution in [0.3, 0.4) is 0 Å². The summed E-state index contributed by atoms with van der Waals surface area (Å²) in [6, 6.07) is 5.16. The van der Waals surface area contributed by atoms with Crippen LogP contribution in [0.2, 0.25) is 5.02 Å². The average molecular weight is 300 g/mol. The number of ether oxygens (including phenoxy) is 1. The van der Waals surface area contributed by atoms with Crippen LogP contribution in [0.5, 0.6) is 5.75 Å². The highest BCUT2D eigenvalue weighted by Gasteiger charge is 2.08. The Labute approximate surface area is 119 Å². The minimum absolute atomic E-state index is 0.364. The van der Waals surface area contributed by atoms with Gasteiger partial charge >= 0.3 is 0 Å². The molecule has 0 atom stereocenters. The number of halogens is 3. The number of hydrogen-bond donors (Lipinski definition) is 1. The summed E-state index contributed by atoms with van der Waals surface area (Å²) < 4.78 is 29.4. The van der Waals surface area contributed by atoms with Gasteiger partial charge in [-0.05, 0) is 18.6 Å². The monoisotopic (exact) mass is 299 g/mol. The molecule has 4 nitrogen and oxygen atoms in total. The first-order chi connectivity index (χ1) is 9.56. The number of aromatic nitrogens is 2. The summed E-state index contributed by atoms with van der Waals surface area (Å²) in [5.74, 6) is 0.825. The van der Waals surface area contributed by atoms with Gasteiger partial charge in [0.25, 0.3) is 6.43 Å². The van der Waals surface area contributed by atoms with Crippen LogP contribution in [-0.4, -0.2) is 23.0 Å². The molecule has 1 aromatic carbocycles. The van der Waals surface area contributed by atoms with E-state index in [1.54, 1.807) is 25.1 Å². The fourth-order valence-electron chi connectivity index (χ4n) is 1.53. The van der Waals surface area contributed by atoms with Crippen LogP contribution < -0.4 is 10.1 Å². The van der Waals surface area contributed by atoms with Crippen molar-refractivity contribution in [2.24, 2.45) is 0 Å². The van der Waals surface area contributed by atoms with E-state index in [4.69, 9.17) is 16.3 Å². The maximum absolute atomic E-state index is 12.2. The van der Waals surface area contributed by atoms with Gasteiger partial charge in [-0.25, -0.2) is 18.7 Å². The molecule has 0 amide bonds. The second kappa shape index (κ2) is 6.47. The predicted molar refractivity (Wildman–Crippen MR) is 73.0 cm³/mol. The van der Waals surface area contributed by atoms with E-state index in [1.807, 2.05) is 0 Å². The first-order valence-electron chi connectivity index (χ1n) is 5.80. The van der Waals surface area contributed by atoms with E-state index in [1.165, 1.54) is 12.5 Å². The lowest BCUT2D eigenvalue weighted by molar-refractivity contribution is 0.0816. The maximum Gasteiger partial charge on any atom is 0.272 e. The summed E-state index contributed by atoms with van der Waals surface area (Å²) >= 11 is 5.93. The Bertz CT molecular complexity index is 596. The Kier molecular flexibility index (Phi) is 4.68. The van der Waals surface area contributed by atoms with Gasteiger partial charge in [-0.1, -0.05) is 17.7 Å². The Morgan fingerprint density at radius 2 is 2.20 bits per heavy atom. The molecule has 0 saturated carbocycles. The van der Waals surface area contributed by atoms with Crippen molar-refractivity contribution in [3.8, 4) is 5.75 Å². The molecule has 0 fully saturated rings. The summed E-state index contributed by atoms with van der Waals surface area (Å²) in [6.07, 6.45) is 0.304. The van der Waals surface area contributed by atoms with Crippen LogP contribution in [0, 0.1) is 6.92 Å². The van der Waals surface area contributed by atoms with Gasteiger partial charge in [0.15, 0.2) is 5.82 Å². The summed E-state index contributed by atoms with van der Waals surface area (Å²) in [5.41, 5.74) is 1.41. The average Bonchev–Trinajstić information content (AvgIpc) is 2.42. The highest BCUT2D eigenvalue weighted by Crippen LogP contribution is 2.27. The second-order valence-corrected chi connectivity index (χ2v) is 4.43. The minimum atomic E-state index is -2.51. The fourth-order valence-corrected chi connectivity index (χ4v) is 1.68. The lowest BCUT2D eigenvalue weighted by Crippen LogP contribution is -2.08. The van der Waals surface area contributed by atoms with Crippen molar-refractivity contribution in [3.05, 3.63) is 41.3 Å². The molecule has 0 unspecified atom stereocenters. The van der Waals surface area contributed by atoms with Crippen LogP contribution in [-0.2, 0) is 0 Å². The smallest absolute Gasteiger partial charge is 0.272 e. The predicted octanol–water partition coefficient (Wildman–Crippen LogP) is 3.83. The van der Waals surface area contributed by atoms with E-state index in [9.17, 15) is 8.78 Å². The number of aryl methyl sites for hydroxylation is 1. The third-order valence-electron chi connectivity index (χ3n) is 2.48. The summed E-state index contributed by atoms with van der Waals surface area (Å²) in [5, 5.41) is 3.34. The molecule has 106 valence electrons. The molecule has 0 aliphatic rings. The van der Waals surface area contributed by atoms with Gasteiger partial charge in [-0.2, -0.15) is 0 Å². The van der Waals surface area contributed by atoms with Gasteiger partial charge in [0.2, 0.25) is 0 Å². The minimum Gasteiger partial charge on any atom is -0.487 e. The number of nitrogens with zero attached hydrogens (tertiary/aromatic N) is 2. The summed E-state index contributed by atoms with van der Waals surface area (Å²) in [6.45, 7) is 1.14. The van der Waals surface area contributed by atoms with Crippen molar-refractivity contribution in [2.75, 3.05) is 11.9 Å². The number of rotatable bonds is 5. The van der Waals surface area contributed by atoms with E-state index in [0.29, 0.717) is 22.3 Å². The van der Waals surface area contributed by atoms with Crippen molar-refractivity contribution in [1.29, 1.82) is 0 Å². The van der Waals surface area contributed by atoms with E-state index < -0.39 is 13.0 Å². The molecule has 0 bridgehead atoms. The van der Waals surface area contributed by atoms with E-state index in [0.717, 1.165) is 5.56 Å². The molecule has 1 heterocycles. The van der Waals surface area contributed by atoms with Gasteiger partial charge in [0, 0.05) is 11.8 Å². The Morgan fingerprint density at radius 1 is 1.40 bits per heavy atom. The standard InChI is InChI=1S/C13H12ClF2N3O/c1-8-2-3-9(4-11(8)20-6-12(15)16)19-13-10(14)5-17-7-18-13/h2-5,7,12H,6H2,1H3,(H,17,18,19). The summed E-state index contributed by atoms with van der Waals surface area (Å²) in [4.78, 5) is 7.76. The highest BCUT2D eigenvalue weighted by molar-refractivity contribution is 6.32. The van der Waals surface area contributed by atoms with Crippen LogP contribution in [0.4, 0.5) is 20.3 Å². The molecule has 0 aliphatic heterocycles. The molecule has 7 heteroatoms. The molecule has 20 heavy (non-hydrogen) atoms. The van der Waals surface area contributed by atoms with E-state index in [2.05, 4.69) is 15.3 Å².